The molecule has 0 spiro atoms. The van der Waals surface area contributed by atoms with Crippen LogP contribution in [0.2, 0.25) is 0 Å². The van der Waals surface area contributed by atoms with Gasteiger partial charge in [-0.15, -0.1) is 0 Å². The molecule has 0 saturated carbocycles. The van der Waals surface area contributed by atoms with Crippen LogP contribution in [0, 0.1) is 5.82 Å². The third-order valence-electron chi connectivity index (χ3n) is 7.43. The van der Waals surface area contributed by atoms with E-state index in [1.165, 1.54) is 15.9 Å². The summed E-state index contributed by atoms with van der Waals surface area (Å²) >= 11 is 0. The second kappa shape index (κ2) is 11.1. The second-order valence-corrected chi connectivity index (χ2v) is 12.0. The molecule has 2 aliphatic rings. The molecule has 0 aromatic heterocycles. The van der Waals surface area contributed by atoms with E-state index in [0.717, 1.165) is 24.9 Å². The Morgan fingerprint density at radius 3 is 2.40 bits per heavy atom. The Morgan fingerprint density at radius 1 is 1.03 bits per heavy atom. The maximum absolute atomic E-state index is 15.1. The Bertz CT molecular complexity index is 1120. The zero-order valence-corrected chi connectivity index (χ0v) is 21.5. The number of amides is 1. The standard InChI is InChI=1S/C27H36FN3O3S/c1-21-11-14-26(10-6-9-23-7-4-3-5-8-23)35(33,34)31(21)20-24-12-13-25(19-27(24)28)30-17-15-29(16-18-30)22(2)32/h3-5,7-8,12-13,19,21,26H,6,9-11,14-18,20H2,1-2H3/t21-,26?/m1/s1. The van der Waals surface area contributed by atoms with Gasteiger partial charge < -0.3 is 9.80 Å². The zero-order valence-electron chi connectivity index (χ0n) is 20.7. The highest BCUT2D eigenvalue weighted by Gasteiger charge is 2.39. The number of halogens is 1. The topological polar surface area (TPSA) is 60.9 Å². The van der Waals surface area contributed by atoms with Crippen molar-refractivity contribution in [3.05, 3.63) is 65.5 Å². The number of carbonyl (C=O) groups excluding carboxylic acids is 1. The number of rotatable bonds is 7. The molecule has 0 bridgehead atoms. The summed E-state index contributed by atoms with van der Waals surface area (Å²) in [5.41, 5.74) is 2.38. The second-order valence-electron chi connectivity index (χ2n) is 9.79. The van der Waals surface area contributed by atoms with E-state index >= 15 is 4.39 Å². The number of carbonyl (C=O) groups is 1. The highest BCUT2D eigenvalue weighted by Crippen LogP contribution is 2.32. The lowest BCUT2D eigenvalue weighted by molar-refractivity contribution is -0.129. The predicted molar refractivity (Wildman–Crippen MR) is 137 cm³/mol. The van der Waals surface area contributed by atoms with E-state index < -0.39 is 15.3 Å². The number of sulfonamides is 1. The number of aryl methyl sites for hydroxylation is 1. The van der Waals surface area contributed by atoms with E-state index in [-0.39, 0.29) is 24.3 Å². The van der Waals surface area contributed by atoms with Crippen molar-refractivity contribution in [2.75, 3.05) is 31.1 Å². The molecule has 1 amide bonds. The van der Waals surface area contributed by atoms with Gasteiger partial charge in [-0.25, -0.2) is 12.8 Å². The molecule has 2 aromatic rings. The van der Waals surface area contributed by atoms with Gasteiger partial charge in [-0.2, -0.15) is 4.31 Å². The van der Waals surface area contributed by atoms with Gasteiger partial charge in [0.2, 0.25) is 15.9 Å². The fourth-order valence-corrected chi connectivity index (χ4v) is 7.40. The summed E-state index contributed by atoms with van der Waals surface area (Å²) in [6, 6.07) is 15.0. The van der Waals surface area contributed by atoms with Crippen molar-refractivity contribution >= 4 is 21.6 Å². The van der Waals surface area contributed by atoms with Crippen molar-refractivity contribution in [2.45, 2.75) is 63.8 Å². The molecule has 0 radical (unpaired) electrons. The Morgan fingerprint density at radius 2 is 1.74 bits per heavy atom. The lowest BCUT2D eigenvalue weighted by atomic mass is 10.0. The van der Waals surface area contributed by atoms with E-state index in [1.807, 2.05) is 31.2 Å². The molecule has 4 rings (SSSR count). The van der Waals surface area contributed by atoms with E-state index in [0.29, 0.717) is 44.6 Å². The fourth-order valence-electron chi connectivity index (χ4n) is 5.19. The van der Waals surface area contributed by atoms with Gasteiger partial charge in [0, 0.05) is 56.9 Å². The first-order valence-electron chi connectivity index (χ1n) is 12.6. The Balaban J connectivity index is 1.40. The summed E-state index contributed by atoms with van der Waals surface area (Å²) in [4.78, 5) is 15.4. The number of nitrogens with zero attached hydrogens (tertiary/aromatic N) is 3. The molecular weight excluding hydrogens is 465 g/mol. The Kier molecular flexibility index (Phi) is 8.12. The number of hydrogen-bond donors (Lipinski definition) is 0. The number of hydrogen-bond acceptors (Lipinski definition) is 4. The summed E-state index contributed by atoms with van der Waals surface area (Å²) in [6.45, 7) is 6.08. The van der Waals surface area contributed by atoms with Crippen LogP contribution in [0.1, 0.15) is 50.7 Å². The maximum Gasteiger partial charge on any atom is 0.219 e. The number of benzene rings is 2. The number of piperazine rings is 1. The van der Waals surface area contributed by atoms with Gasteiger partial charge in [-0.1, -0.05) is 36.4 Å². The van der Waals surface area contributed by atoms with Crippen LogP contribution in [0.15, 0.2) is 48.5 Å². The Hall–Kier alpha value is -2.45. The zero-order chi connectivity index (χ0) is 25.0. The molecule has 2 saturated heterocycles. The minimum Gasteiger partial charge on any atom is -0.368 e. The molecule has 8 heteroatoms. The monoisotopic (exact) mass is 501 g/mol. The smallest absolute Gasteiger partial charge is 0.219 e. The lowest BCUT2D eigenvalue weighted by Gasteiger charge is -2.38. The quantitative estimate of drug-likeness (QED) is 0.571. The molecule has 0 N–H and O–H groups in total. The average Bonchev–Trinajstić information content (AvgIpc) is 2.84. The molecule has 0 aliphatic carbocycles. The van der Waals surface area contributed by atoms with E-state index in [2.05, 4.69) is 17.0 Å². The van der Waals surface area contributed by atoms with Crippen molar-refractivity contribution < 1.29 is 17.6 Å². The maximum atomic E-state index is 15.1. The van der Waals surface area contributed by atoms with Crippen molar-refractivity contribution in [3.63, 3.8) is 0 Å². The van der Waals surface area contributed by atoms with Crippen LogP contribution in [0.4, 0.5) is 10.1 Å². The molecule has 35 heavy (non-hydrogen) atoms. The van der Waals surface area contributed by atoms with Crippen LogP contribution in [-0.2, 0) is 27.8 Å². The molecule has 2 heterocycles. The highest BCUT2D eigenvalue weighted by molar-refractivity contribution is 7.89. The minimum absolute atomic E-state index is 0.0569. The van der Waals surface area contributed by atoms with Crippen LogP contribution in [0.25, 0.3) is 0 Å². The summed E-state index contributed by atoms with van der Waals surface area (Å²) in [7, 11) is -3.51. The average molecular weight is 502 g/mol. The molecule has 1 unspecified atom stereocenters. The normalized spacial score (nSPS) is 22.8. The first-order chi connectivity index (χ1) is 16.8. The molecular formula is C27H36FN3O3S. The van der Waals surface area contributed by atoms with Gasteiger partial charge in [-0.05, 0) is 56.7 Å². The van der Waals surface area contributed by atoms with Gasteiger partial charge in [0.15, 0.2) is 0 Å². The molecule has 2 atom stereocenters. The van der Waals surface area contributed by atoms with E-state index in [1.54, 1.807) is 17.9 Å². The molecule has 2 aromatic carbocycles. The number of anilines is 1. The first-order valence-corrected chi connectivity index (χ1v) is 14.1. The molecule has 6 nitrogen and oxygen atoms in total. The van der Waals surface area contributed by atoms with Crippen LogP contribution in [-0.4, -0.2) is 61.0 Å². The summed E-state index contributed by atoms with van der Waals surface area (Å²) < 4.78 is 43.5. The summed E-state index contributed by atoms with van der Waals surface area (Å²) in [5, 5.41) is -0.415. The van der Waals surface area contributed by atoms with Gasteiger partial charge in [0.25, 0.3) is 0 Å². The SMILES string of the molecule is CC(=O)N1CCN(c2ccc(CN3[C@H](C)CCC(CCCc4ccccc4)S3(=O)=O)c(F)c2)CC1. The molecule has 190 valence electrons. The third kappa shape index (κ3) is 6.04. The van der Waals surface area contributed by atoms with Crippen LogP contribution in [0.5, 0.6) is 0 Å². The highest BCUT2D eigenvalue weighted by atomic mass is 32.2. The van der Waals surface area contributed by atoms with E-state index in [4.69, 9.17) is 0 Å². The lowest BCUT2D eigenvalue weighted by Crippen LogP contribution is -2.48. The van der Waals surface area contributed by atoms with Gasteiger partial charge >= 0.3 is 0 Å². The van der Waals surface area contributed by atoms with Crippen molar-refractivity contribution in [1.82, 2.24) is 9.21 Å². The first kappa shape index (κ1) is 25.6. The van der Waals surface area contributed by atoms with Crippen molar-refractivity contribution in [1.29, 1.82) is 0 Å². The summed E-state index contributed by atoms with van der Waals surface area (Å²) in [6.07, 6.45) is 3.74. The predicted octanol–water partition coefficient (Wildman–Crippen LogP) is 4.20. The van der Waals surface area contributed by atoms with Gasteiger partial charge in [0.1, 0.15) is 5.82 Å². The van der Waals surface area contributed by atoms with Crippen LogP contribution >= 0.6 is 0 Å². The third-order valence-corrected chi connectivity index (χ3v) is 9.89. The van der Waals surface area contributed by atoms with Gasteiger partial charge in [0.05, 0.1) is 5.25 Å². The molecule has 2 fully saturated rings. The fraction of sp³-hybridized carbons (Fsp3) is 0.519. The van der Waals surface area contributed by atoms with Crippen LogP contribution < -0.4 is 4.90 Å². The Labute approximate surface area is 208 Å². The minimum atomic E-state index is -3.51. The van der Waals surface area contributed by atoms with Gasteiger partial charge in [-0.3, -0.25) is 4.79 Å². The van der Waals surface area contributed by atoms with Crippen molar-refractivity contribution in [2.24, 2.45) is 0 Å². The molecule has 2 aliphatic heterocycles. The van der Waals surface area contributed by atoms with Crippen LogP contribution in [0.3, 0.4) is 0 Å². The van der Waals surface area contributed by atoms with Crippen molar-refractivity contribution in [3.8, 4) is 0 Å². The van der Waals surface area contributed by atoms with E-state index in [9.17, 15) is 13.2 Å². The largest absolute Gasteiger partial charge is 0.368 e. The summed E-state index contributed by atoms with van der Waals surface area (Å²) in [5.74, 6) is -0.327.